The zero-order valence-electron chi connectivity index (χ0n) is 9.74. The molecule has 1 amide bonds. The molecule has 0 aromatic heterocycles. The quantitative estimate of drug-likeness (QED) is 0.711. The number of carboxylic acid groups (broad SMARTS) is 1. The maximum absolute atomic E-state index is 11.3. The summed E-state index contributed by atoms with van der Waals surface area (Å²) in [5.41, 5.74) is -0.617. The maximum atomic E-state index is 11.3. The van der Waals surface area contributed by atoms with Gasteiger partial charge >= 0.3 is 12.1 Å². The monoisotopic (exact) mass is 227 g/mol. The van der Waals surface area contributed by atoms with Gasteiger partial charge in [0.25, 0.3) is 0 Å². The van der Waals surface area contributed by atoms with Crippen LogP contribution in [-0.2, 0) is 9.53 Å². The first kappa shape index (κ1) is 14.3. The highest BCUT2D eigenvalue weighted by Gasteiger charge is 2.20. The number of amides is 1. The molecule has 0 unspecified atom stereocenters. The Morgan fingerprint density at radius 3 is 2.44 bits per heavy atom. The van der Waals surface area contributed by atoms with Crippen LogP contribution in [-0.4, -0.2) is 28.8 Å². The van der Waals surface area contributed by atoms with E-state index in [1.165, 1.54) is 0 Å². The molecule has 0 fully saturated rings. The Labute approximate surface area is 95.2 Å². The third kappa shape index (κ3) is 7.68. The van der Waals surface area contributed by atoms with Crippen molar-refractivity contribution in [3.63, 3.8) is 0 Å². The van der Waals surface area contributed by atoms with Crippen molar-refractivity contribution >= 4 is 12.1 Å². The Hall–Kier alpha value is -1.70. The van der Waals surface area contributed by atoms with Gasteiger partial charge in [0.05, 0.1) is 12.5 Å². The minimum Gasteiger partial charge on any atom is -0.481 e. The largest absolute Gasteiger partial charge is 0.481 e. The van der Waals surface area contributed by atoms with Crippen LogP contribution in [0.1, 0.15) is 33.6 Å². The van der Waals surface area contributed by atoms with Gasteiger partial charge in [-0.1, -0.05) is 0 Å². The Morgan fingerprint density at radius 1 is 1.50 bits per heavy atom. The number of nitrogens with one attached hydrogen (secondary N) is 1. The fraction of sp³-hybridized carbons (Fsp3) is 0.636. The van der Waals surface area contributed by atoms with E-state index >= 15 is 0 Å². The topological polar surface area (TPSA) is 75.6 Å². The molecule has 0 spiro atoms. The van der Waals surface area contributed by atoms with E-state index in [4.69, 9.17) is 16.3 Å². The molecule has 0 rings (SSSR count). The highest BCUT2D eigenvalue weighted by molar-refractivity contribution is 5.71. The first-order valence-electron chi connectivity index (χ1n) is 4.89. The van der Waals surface area contributed by atoms with E-state index in [1.807, 2.05) is 0 Å². The minimum atomic E-state index is -1.02. The second-order valence-electron chi connectivity index (χ2n) is 4.35. The van der Waals surface area contributed by atoms with E-state index in [1.54, 1.807) is 20.8 Å². The molecule has 0 aromatic rings. The van der Waals surface area contributed by atoms with Crippen LogP contribution in [0.3, 0.4) is 0 Å². The standard InChI is InChI=1S/C11H17NO4/c1-5-6-8(7-9(13)14)12-10(15)16-11(2,3)4/h1,8H,6-7H2,2-4H3,(H,12,15)(H,13,14)/t8-/m0/s1. The van der Waals surface area contributed by atoms with Crippen LogP contribution >= 0.6 is 0 Å². The van der Waals surface area contributed by atoms with Gasteiger partial charge in [-0.2, -0.15) is 0 Å². The van der Waals surface area contributed by atoms with E-state index in [-0.39, 0.29) is 12.8 Å². The van der Waals surface area contributed by atoms with Gasteiger partial charge in [0.15, 0.2) is 0 Å². The summed E-state index contributed by atoms with van der Waals surface area (Å²) in [5, 5.41) is 11.0. The number of carbonyl (C=O) groups excluding carboxylic acids is 1. The molecule has 0 aliphatic rings. The van der Waals surface area contributed by atoms with Crippen molar-refractivity contribution in [1.82, 2.24) is 5.32 Å². The summed E-state index contributed by atoms with van der Waals surface area (Å²) in [6, 6.07) is -0.600. The summed E-state index contributed by atoms with van der Waals surface area (Å²) < 4.78 is 4.98. The lowest BCUT2D eigenvalue weighted by molar-refractivity contribution is -0.137. The summed E-state index contributed by atoms with van der Waals surface area (Å²) in [6.07, 6.45) is 4.35. The zero-order chi connectivity index (χ0) is 12.8. The van der Waals surface area contributed by atoms with Gasteiger partial charge in [-0.3, -0.25) is 4.79 Å². The SMILES string of the molecule is C#CC[C@@H](CC(=O)O)NC(=O)OC(C)(C)C. The fourth-order valence-electron chi connectivity index (χ4n) is 1.00. The van der Waals surface area contributed by atoms with Crippen LogP contribution in [0.25, 0.3) is 0 Å². The minimum absolute atomic E-state index is 0.158. The van der Waals surface area contributed by atoms with Gasteiger partial charge in [-0.15, -0.1) is 12.3 Å². The van der Waals surface area contributed by atoms with Crippen molar-refractivity contribution in [2.75, 3.05) is 0 Å². The number of alkyl carbamates (subject to hydrolysis) is 1. The molecule has 90 valence electrons. The van der Waals surface area contributed by atoms with Crippen LogP contribution in [0.4, 0.5) is 4.79 Å². The number of rotatable bonds is 4. The highest BCUT2D eigenvalue weighted by Crippen LogP contribution is 2.07. The van der Waals surface area contributed by atoms with Gasteiger partial charge in [0.1, 0.15) is 5.60 Å². The molecule has 0 aliphatic carbocycles. The van der Waals surface area contributed by atoms with Crippen LogP contribution in [0.5, 0.6) is 0 Å². The molecule has 0 aliphatic heterocycles. The van der Waals surface area contributed by atoms with Crippen molar-refractivity contribution in [3.8, 4) is 12.3 Å². The van der Waals surface area contributed by atoms with Gasteiger partial charge < -0.3 is 15.2 Å². The Balaban J connectivity index is 4.24. The highest BCUT2D eigenvalue weighted by atomic mass is 16.6. The molecule has 0 heterocycles. The van der Waals surface area contributed by atoms with E-state index in [9.17, 15) is 9.59 Å². The van der Waals surface area contributed by atoms with E-state index in [0.717, 1.165) is 0 Å². The van der Waals surface area contributed by atoms with Crippen molar-refractivity contribution in [3.05, 3.63) is 0 Å². The number of hydrogen-bond donors (Lipinski definition) is 2. The third-order valence-corrected chi connectivity index (χ3v) is 1.51. The average Bonchev–Trinajstić information content (AvgIpc) is 1.98. The van der Waals surface area contributed by atoms with Gasteiger partial charge in [0.2, 0.25) is 0 Å². The predicted octanol–water partition coefficient (Wildman–Crippen LogP) is 1.38. The van der Waals surface area contributed by atoms with Gasteiger partial charge in [0, 0.05) is 6.42 Å². The third-order valence-electron chi connectivity index (χ3n) is 1.51. The Kier molecular flexibility index (Phi) is 5.37. The molecule has 1 atom stereocenters. The normalized spacial score (nSPS) is 12.4. The Morgan fingerprint density at radius 2 is 2.06 bits per heavy atom. The summed E-state index contributed by atoms with van der Waals surface area (Å²) in [6.45, 7) is 5.17. The molecule has 16 heavy (non-hydrogen) atoms. The molecule has 5 nitrogen and oxygen atoms in total. The van der Waals surface area contributed by atoms with Crippen LogP contribution < -0.4 is 5.32 Å². The Bertz CT molecular complexity index is 298. The van der Waals surface area contributed by atoms with Crippen LogP contribution in [0.2, 0.25) is 0 Å². The number of carboxylic acids is 1. The predicted molar refractivity (Wildman–Crippen MR) is 58.9 cm³/mol. The molecule has 0 aromatic carbocycles. The average molecular weight is 227 g/mol. The van der Waals surface area contributed by atoms with Crippen molar-refractivity contribution in [2.24, 2.45) is 0 Å². The van der Waals surface area contributed by atoms with Gasteiger partial charge in [-0.05, 0) is 20.8 Å². The molecular formula is C11H17NO4. The van der Waals surface area contributed by atoms with Crippen molar-refractivity contribution in [1.29, 1.82) is 0 Å². The summed E-state index contributed by atoms with van der Waals surface area (Å²) >= 11 is 0. The number of aliphatic carboxylic acids is 1. The number of carbonyl (C=O) groups is 2. The lowest BCUT2D eigenvalue weighted by Gasteiger charge is -2.22. The lowest BCUT2D eigenvalue weighted by Crippen LogP contribution is -2.40. The van der Waals surface area contributed by atoms with Crippen LogP contribution in [0, 0.1) is 12.3 Å². The van der Waals surface area contributed by atoms with Crippen molar-refractivity contribution < 1.29 is 19.4 Å². The molecule has 0 bridgehead atoms. The van der Waals surface area contributed by atoms with Crippen LogP contribution in [0.15, 0.2) is 0 Å². The molecule has 0 radical (unpaired) electrons. The first-order chi connectivity index (χ1) is 7.24. The number of ether oxygens (including phenoxy) is 1. The maximum Gasteiger partial charge on any atom is 0.407 e. The zero-order valence-corrected chi connectivity index (χ0v) is 9.74. The second kappa shape index (κ2) is 6.01. The van der Waals surface area contributed by atoms with E-state index < -0.39 is 23.7 Å². The van der Waals surface area contributed by atoms with E-state index in [0.29, 0.717) is 0 Å². The van der Waals surface area contributed by atoms with E-state index in [2.05, 4.69) is 11.2 Å². The molecule has 0 saturated heterocycles. The fourth-order valence-corrected chi connectivity index (χ4v) is 1.00. The lowest BCUT2D eigenvalue weighted by atomic mass is 10.1. The summed E-state index contributed by atoms with van der Waals surface area (Å²) in [4.78, 5) is 21.8. The van der Waals surface area contributed by atoms with Gasteiger partial charge in [-0.25, -0.2) is 4.79 Å². The number of hydrogen-bond acceptors (Lipinski definition) is 3. The smallest absolute Gasteiger partial charge is 0.407 e. The molecule has 5 heteroatoms. The molecule has 0 saturated carbocycles. The first-order valence-corrected chi connectivity index (χ1v) is 4.89. The summed E-state index contributed by atoms with van der Waals surface area (Å²) in [7, 11) is 0. The van der Waals surface area contributed by atoms with Crippen molar-refractivity contribution in [2.45, 2.75) is 45.3 Å². The molecule has 2 N–H and O–H groups in total. The second-order valence-corrected chi connectivity index (χ2v) is 4.35. The summed E-state index contributed by atoms with van der Waals surface area (Å²) in [5.74, 6) is 1.29. The molecular weight excluding hydrogens is 210 g/mol. The number of terminal acetylenes is 1.